The van der Waals surface area contributed by atoms with Crippen LogP contribution in [0.5, 0.6) is 0 Å². The fourth-order valence-electron chi connectivity index (χ4n) is 1.67. The minimum atomic E-state index is -0.877. The lowest BCUT2D eigenvalue weighted by Crippen LogP contribution is -2.45. The van der Waals surface area contributed by atoms with E-state index in [9.17, 15) is 9.59 Å². The number of hydrogen-bond donors (Lipinski definition) is 1. The first-order valence-electron chi connectivity index (χ1n) is 5.68. The van der Waals surface area contributed by atoms with E-state index in [0.29, 0.717) is 19.5 Å². The Kier molecular flexibility index (Phi) is 6.72. The lowest BCUT2D eigenvalue weighted by atomic mass is 10.2. The number of nitrogens with zero attached hydrogens (tertiary/aromatic N) is 2. The number of likely N-dealkylation sites (N-methyl/N-ethyl adjacent to an activating group) is 2. The van der Waals surface area contributed by atoms with Gasteiger partial charge in [0.2, 0.25) is 5.91 Å². The summed E-state index contributed by atoms with van der Waals surface area (Å²) in [6, 6.07) is -0.584. The van der Waals surface area contributed by atoms with Crippen molar-refractivity contribution < 1.29 is 14.7 Å². The van der Waals surface area contributed by atoms with Gasteiger partial charge in [0.25, 0.3) is 0 Å². The SMILES string of the molecule is CCC(C(=O)O)N(C)CC(=O)N(CC)CC. The van der Waals surface area contributed by atoms with Crippen molar-refractivity contribution in [3.8, 4) is 0 Å². The first kappa shape index (κ1) is 14.9. The fraction of sp³-hybridized carbons (Fsp3) is 0.818. The van der Waals surface area contributed by atoms with Gasteiger partial charge in [-0.05, 0) is 27.3 Å². The lowest BCUT2D eigenvalue weighted by molar-refractivity contribution is -0.144. The monoisotopic (exact) mass is 230 g/mol. The third-order valence-corrected chi connectivity index (χ3v) is 2.70. The zero-order valence-corrected chi connectivity index (χ0v) is 10.6. The lowest BCUT2D eigenvalue weighted by Gasteiger charge is -2.26. The number of carboxylic acids is 1. The van der Waals surface area contributed by atoms with E-state index >= 15 is 0 Å². The van der Waals surface area contributed by atoms with E-state index in [0.717, 1.165) is 0 Å². The predicted molar refractivity (Wildman–Crippen MR) is 62.3 cm³/mol. The molecule has 0 aromatic carbocycles. The van der Waals surface area contributed by atoms with Crippen LogP contribution in [0.15, 0.2) is 0 Å². The van der Waals surface area contributed by atoms with E-state index in [-0.39, 0.29) is 12.5 Å². The van der Waals surface area contributed by atoms with Gasteiger partial charge in [-0.15, -0.1) is 0 Å². The van der Waals surface area contributed by atoms with Gasteiger partial charge in [0, 0.05) is 13.1 Å². The Morgan fingerprint density at radius 3 is 2.00 bits per heavy atom. The Balaban J connectivity index is 4.36. The van der Waals surface area contributed by atoms with Gasteiger partial charge in [0.15, 0.2) is 0 Å². The van der Waals surface area contributed by atoms with Gasteiger partial charge in [-0.2, -0.15) is 0 Å². The van der Waals surface area contributed by atoms with E-state index in [1.54, 1.807) is 23.8 Å². The van der Waals surface area contributed by atoms with Gasteiger partial charge in [-0.25, -0.2) is 0 Å². The van der Waals surface area contributed by atoms with E-state index in [2.05, 4.69) is 0 Å². The Morgan fingerprint density at radius 1 is 1.19 bits per heavy atom. The quantitative estimate of drug-likeness (QED) is 0.697. The predicted octanol–water partition coefficient (Wildman–Crippen LogP) is 0.650. The minimum Gasteiger partial charge on any atom is -0.480 e. The Bertz CT molecular complexity index is 239. The van der Waals surface area contributed by atoms with Crippen LogP contribution < -0.4 is 0 Å². The van der Waals surface area contributed by atoms with Crippen molar-refractivity contribution in [2.75, 3.05) is 26.7 Å². The molecule has 0 saturated heterocycles. The summed E-state index contributed by atoms with van der Waals surface area (Å²) in [5.74, 6) is -0.899. The molecule has 0 bridgehead atoms. The van der Waals surface area contributed by atoms with Crippen molar-refractivity contribution in [3.63, 3.8) is 0 Å². The number of hydrogen-bond acceptors (Lipinski definition) is 3. The molecule has 0 aromatic rings. The summed E-state index contributed by atoms with van der Waals surface area (Å²) in [5, 5.41) is 8.94. The molecule has 0 aliphatic heterocycles. The molecule has 0 radical (unpaired) electrons. The molecule has 0 saturated carbocycles. The number of carboxylic acid groups (broad SMARTS) is 1. The third kappa shape index (κ3) is 4.18. The van der Waals surface area contributed by atoms with Crippen LogP contribution in [-0.4, -0.2) is 59.5 Å². The highest BCUT2D eigenvalue weighted by molar-refractivity contribution is 5.80. The average Bonchev–Trinajstić information content (AvgIpc) is 2.19. The Morgan fingerprint density at radius 2 is 1.69 bits per heavy atom. The third-order valence-electron chi connectivity index (χ3n) is 2.70. The smallest absolute Gasteiger partial charge is 0.320 e. The number of carbonyl (C=O) groups excluding carboxylic acids is 1. The van der Waals surface area contributed by atoms with Crippen molar-refractivity contribution in [1.82, 2.24) is 9.80 Å². The van der Waals surface area contributed by atoms with Crippen LogP contribution in [0, 0.1) is 0 Å². The number of rotatable bonds is 7. The maximum absolute atomic E-state index is 11.8. The zero-order chi connectivity index (χ0) is 12.7. The maximum Gasteiger partial charge on any atom is 0.320 e. The molecule has 0 heterocycles. The highest BCUT2D eigenvalue weighted by atomic mass is 16.4. The normalized spacial score (nSPS) is 12.6. The van der Waals surface area contributed by atoms with Crippen LogP contribution in [-0.2, 0) is 9.59 Å². The molecule has 0 aliphatic carbocycles. The highest BCUT2D eigenvalue weighted by Gasteiger charge is 2.23. The van der Waals surface area contributed by atoms with Crippen LogP contribution in [0.3, 0.4) is 0 Å². The minimum absolute atomic E-state index is 0.0211. The summed E-state index contributed by atoms with van der Waals surface area (Å²) in [6.45, 7) is 7.11. The molecule has 0 aromatic heterocycles. The molecule has 1 unspecified atom stereocenters. The largest absolute Gasteiger partial charge is 0.480 e. The number of aliphatic carboxylic acids is 1. The second kappa shape index (κ2) is 7.22. The maximum atomic E-state index is 11.8. The zero-order valence-electron chi connectivity index (χ0n) is 10.6. The van der Waals surface area contributed by atoms with Crippen molar-refractivity contribution in [1.29, 1.82) is 0 Å². The van der Waals surface area contributed by atoms with E-state index in [4.69, 9.17) is 5.11 Å². The second-order valence-corrected chi connectivity index (χ2v) is 3.74. The molecule has 1 atom stereocenters. The van der Waals surface area contributed by atoms with E-state index in [1.165, 1.54) is 0 Å². The molecule has 5 heteroatoms. The second-order valence-electron chi connectivity index (χ2n) is 3.74. The van der Waals surface area contributed by atoms with Crippen molar-refractivity contribution in [2.45, 2.75) is 33.2 Å². The van der Waals surface area contributed by atoms with Gasteiger partial charge < -0.3 is 10.0 Å². The van der Waals surface area contributed by atoms with E-state index < -0.39 is 12.0 Å². The van der Waals surface area contributed by atoms with Gasteiger partial charge >= 0.3 is 5.97 Å². The Hall–Kier alpha value is -1.10. The molecule has 0 spiro atoms. The van der Waals surface area contributed by atoms with Crippen molar-refractivity contribution in [2.24, 2.45) is 0 Å². The van der Waals surface area contributed by atoms with Gasteiger partial charge in [-0.3, -0.25) is 14.5 Å². The summed E-state index contributed by atoms with van der Waals surface area (Å²) in [4.78, 5) is 25.9. The van der Waals surface area contributed by atoms with Crippen LogP contribution in [0.4, 0.5) is 0 Å². The Labute approximate surface area is 97.0 Å². The number of amides is 1. The molecule has 0 rings (SSSR count). The van der Waals surface area contributed by atoms with Gasteiger partial charge in [0.1, 0.15) is 6.04 Å². The van der Waals surface area contributed by atoms with Crippen molar-refractivity contribution >= 4 is 11.9 Å². The summed E-state index contributed by atoms with van der Waals surface area (Å²) >= 11 is 0. The summed E-state index contributed by atoms with van der Waals surface area (Å²) in [5.41, 5.74) is 0. The van der Waals surface area contributed by atoms with Crippen LogP contribution in [0.2, 0.25) is 0 Å². The summed E-state index contributed by atoms with van der Waals surface area (Å²) in [6.07, 6.45) is 0.497. The topological polar surface area (TPSA) is 60.9 Å². The first-order chi connectivity index (χ1) is 7.47. The van der Waals surface area contributed by atoms with Gasteiger partial charge in [0.05, 0.1) is 6.54 Å². The molecule has 0 aliphatic rings. The summed E-state index contributed by atoms with van der Waals surface area (Å²) in [7, 11) is 1.67. The van der Waals surface area contributed by atoms with Crippen LogP contribution in [0.1, 0.15) is 27.2 Å². The molecule has 5 nitrogen and oxygen atoms in total. The van der Waals surface area contributed by atoms with Crippen molar-refractivity contribution in [3.05, 3.63) is 0 Å². The van der Waals surface area contributed by atoms with E-state index in [1.807, 2.05) is 13.8 Å². The summed E-state index contributed by atoms with van der Waals surface area (Å²) < 4.78 is 0. The molecule has 16 heavy (non-hydrogen) atoms. The molecule has 1 amide bonds. The standard InChI is InChI=1S/C11H22N2O3/c1-5-9(11(15)16)12(4)8-10(14)13(6-2)7-3/h9H,5-8H2,1-4H3,(H,15,16). The molecule has 1 N–H and O–H groups in total. The number of carbonyl (C=O) groups is 2. The fourth-order valence-corrected chi connectivity index (χ4v) is 1.67. The molecular formula is C11H22N2O3. The highest BCUT2D eigenvalue weighted by Crippen LogP contribution is 2.03. The average molecular weight is 230 g/mol. The van der Waals surface area contributed by atoms with Gasteiger partial charge in [-0.1, -0.05) is 6.92 Å². The first-order valence-corrected chi connectivity index (χ1v) is 5.68. The van der Waals surface area contributed by atoms with Crippen LogP contribution >= 0.6 is 0 Å². The molecule has 0 fully saturated rings. The molecular weight excluding hydrogens is 208 g/mol. The van der Waals surface area contributed by atoms with Crippen LogP contribution in [0.25, 0.3) is 0 Å². The molecule has 94 valence electrons.